The van der Waals surface area contributed by atoms with Crippen LogP contribution in [0.15, 0.2) is 461 Å². The van der Waals surface area contributed by atoms with Crippen molar-refractivity contribution in [2.45, 2.75) is 0 Å². The van der Waals surface area contributed by atoms with Crippen molar-refractivity contribution < 1.29 is 4.74 Å². The number of rotatable bonds is 15. The Balaban J connectivity index is 0.813. The molecule has 4 aliphatic rings. The molecule has 0 spiro atoms. The van der Waals surface area contributed by atoms with Crippen molar-refractivity contribution in [2.75, 3.05) is 24.5 Å². The van der Waals surface area contributed by atoms with Gasteiger partial charge in [0.1, 0.15) is 11.5 Å². The Kier molecular flexibility index (Phi) is 17.0. The van der Waals surface area contributed by atoms with Crippen LogP contribution < -0.4 is 62.0 Å². The van der Waals surface area contributed by atoms with Gasteiger partial charge in [0.25, 0.3) is 13.4 Å². The Morgan fingerprint density at radius 1 is 0.195 bits per heavy atom. The summed E-state index contributed by atoms with van der Waals surface area (Å²) in [5.74, 6) is 1.55. The van der Waals surface area contributed by atoms with Gasteiger partial charge in [-0.25, -0.2) is 0 Å². The molecule has 19 aromatic carbocycles. The number of fused-ring (bicyclic) bond motifs is 11. The van der Waals surface area contributed by atoms with Crippen LogP contribution >= 0.6 is 0 Å². The molecule has 123 heavy (non-hydrogen) atoms. The predicted molar refractivity (Wildman–Crippen MR) is 517 cm³/mol. The minimum atomic E-state index is -0.337. The molecule has 1 aromatic heterocycles. The summed E-state index contributed by atoms with van der Waals surface area (Å²) in [5.41, 5.74) is 36.9. The van der Waals surface area contributed by atoms with Crippen molar-refractivity contribution in [3.8, 4) is 72.8 Å². The fourth-order valence-corrected chi connectivity index (χ4v) is 19.9. The van der Waals surface area contributed by atoms with E-state index >= 15 is 0 Å². The van der Waals surface area contributed by atoms with Crippen molar-refractivity contribution in [2.24, 2.45) is 0 Å². The zero-order valence-corrected chi connectivity index (χ0v) is 67.1. The zero-order valence-electron chi connectivity index (χ0n) is 67.1. The lowest BCUT2D eigenvalue weighted by Crippen LogP contribution is -2.64. The molecule has 0 amide bonds. The third-order valence-corrected chi connectivity index (χ3v) is 25.3. The molecule has 0 unspecified atom stereocenters. The van der Waals surface area contributed by atoms with Crippen molar-refractivity contribution in [1.29, 1.82) is 0 Å². The van der Waals surface area contributed by atoms with E-state index < -0.39 is 0 Å². The van der Waals surface area contributed by atoms with Crippen LogP contribution in [-0.4, -0.2) is 18.0 Å². The van der Waals surface area contributed by atoms with Crippen molar-refractivity contribution in [3.05, 3.63) is 461 Å². The Bertz CT molecular complexity index is 7490. The van der Waals surface area contributed by atoms with Crippen LogP contribution in [0, 0.1) is 0 Å². The second-order valence-electron chi connectivity index (χ2n) is 32.3. The first-order chi connectivity index (χ1) is 61.0. The molecule has 0 radical (unpaired) electrons. The summed E-state index contributed by atoms with van der Waals surface area (Å²) < 4.78 is 10.6. The summed E-state index contributed by atoms with van der Waals surface area (Å²) in [6.45, 7) is -0.664. The van der Waals surface area contributed by atoms with Gasteiger partial charge in [0, 0.05) is 102 Å². The van der Waals surface area contributed by atoms with Gasteiger partial charge in [-0.2, -0.15) is 0 Å². The molecule has 574 valence electrons. The summed E-state index contributed by atoms with van der Waals surface area (Å²) in [4.78, 5) is 12.6. The van der Waals surface area contributed by atoms with Gasteiger partial charge in [-0.1, -0.05) is 315 Å². The van der Waals surface area contributed by atoms with Crippen LogP contribution in [0.3, 0.4) is 0 Å². The highest BCUT2D eigenvalue weighted by Gasteiger charge is 2.49. The Labute approximate surface area is 716 Å². The smallest absolute Gasteiger partial charge is 0.256 e. The van der Waals surface area contributed by atoms with E-state index in [4.69, 9.17) is 4.74 Å². The van der Waals surface area contributed by atoms with Gasteiger partial charge in [0.2, 0.25) is 0 Å². The Morgan fingerprint density at radius 3 is 1.11 bits per heavy atom. The summed E-state index contributed by atoms with van der Waals surface area (Å²) >= 11 is 0. The molecule has 4 aliphatic heterocycles. The van der Waals surface area contributed by atoms with Gasteiger partial charge in [0.05, 0.1) is 28.1 Å². The maximum absolute atomic E-state index is 8.20. The van der Waals surface area contributed by atoms with Crippen LogP contribution in [0.5, 0.6) is 11.5 Å². The summed E-state index contributed by atoms with van der Waals surface area (Å²) in [5, 5.41) is 2.39. The van der Waals surface area contributed by atoms with Crippen LogP contribution in [0.2, 0.25) is 0 Å². The number of para-hydroxylation sites is 7. The van der Waals surface area contributed by atoms with Gasteiger partial charge in [-0.05, 0) is 216 Å². The number of anilines is 15. The third-order valence-electron chi connectivity index (χ3n) is 25.3. The van der Waals surface area contributed by atoms with E-state index in [1.54, 1.807) is 0 Å². The third kappa shape index (κ3) is 12.0. The normalized spacial score (nSPS) is 12.5. The monoisotopic (exact) mass is 1570 g/mol. The van der Waals surface area contributed by atoms with E-state index in [1.807, 2.05) is 0 Å². The summed E-state index contributed by atoms with van der Waals surface area (Å²) in [6, 6.07) is 170. The molecule has 0 bridgehead atoms. The first kappa shape index (κ1) is 71.1. The molecule has 0 saturated carbocycles. The predicted octanol–water partition coefficient (Wildman–Crippen LogP) is 26.5. The molecule has 9 heteroatoms. The number of benzene rings is 19. The summed E-state index contributed by atoms with van der Waals surface area (Å²) in [6.07, 6.45) is 0. The first-order valence-electron chi connectivity index (χ1n) is 42.3. The number of ether oxygens (including phenoxy) is 1. The molecule has 0 atom stereocenters. The second-order valence-corrected chi connectivity index (χ2v) is 32.3. The lowest BCUT2D eigenvalue weighted by Gasteiger charge is -2.46. The van der Waals surface area contributed by atoms with Crippen LogP contribution in [0.1, 0.15) is 0 Å². The average Bonchev–Trinajstić information content (AvgIpc) is 1.30. The topological polar surface area (TPSA) is 30.4 Å². The number of hydrogen-bond acceptors (Lipinski definition) is 6. The highest BCUT2D eigenvalue weighted by Crippen LogP contribution is 2.54. The molecular formula is C114H76B2N6O. The van der Waals surface area contributed by atoms with Gasteiger partial charge in [0.15, 0.2) is 0 Å². The maximum Gasteiger partial charge on any atom is 0.256 e. The van der Waals surface area contributed by atoms with E-state index in [1.165, 1.54) is 27.2 Å². The lowest BCUT2D eigenvalue weighted by atomic mass is 9.30. The SMILES string of the molecule is c1ccc(-c2cccc(N(c3ccccc3)c3cc4c5c(c3)N(c3ccccc3)c3cc(-c6ccccc6)ccc3B5c3cc5c(cc3O4)N(c3ccccc3-c3ccc4c6ccccc6n(-c6ccccc6)c4c3)c3cc(N(c4ccccc4)c4cccc(-c6ccccc6)c4)cc4c3B5c3ccc(-c5ccccc5)cc3N4c3ccccc3)c2)cc1. The Hall–Kier alpha value is -16.1. The van der Waals surface area contributed by atoms with Crippen LogP contribution in [-0.2, 0) is 0 Å². The minimum absolute atomic E-state index is 0.327. The molecule has 7 nitrogen and oxygen atoms in total. The van der Waals surface area contributed by atoms with Crippen LogP contribution in [0.4, 0.5) is 85.3 Å². The fraction of sp³-hybridized carbons (Fsp3) is 0. The van der Waals surface area contributed by atoms with Crippen LogP contribution in [0.25, 0.3) is 83.1 Å². The van der Waals surface area contributed by atoms with Crippen molar-refractivity contribution in [3.63, 3.8) is 0 Å². The molecule has 0 saturated heterocycles. The molecule has 0 aliphatic carbocycles. The molecule has 24 rings (SSSR count). The van der Waals surface area contributed by atoms with E-state index in [0.717, 1.165) is 186 Å². The van der Waals surface area contributed by atoms with Gasteiger partial charge in [-0.3, -0.25) is 0 Å². The molecule has 20 aromatic rings. The maximum atomic E-state index is 8.20. The highest BCUT2D eigenvalue weighted by atomic mass is 16.5. The van der Waals surface area contributed by atoms with E-state index in [9.17, 15) is 0 Å². The van der Waals surface area contributed by atoms with E-state index in [-0.39, 0.29) is 13.4 Å². The molecule has 0 N–H and O–H groups in total. The van der Waals surface area contributed by atoms with Crippen molar-refractivity contribution >= 4 is 153 Å². The summed E-state index contributed by atoms with van der Waals surface area (Å²) in [7, 11) is 0. The highest BCUT2D eigenvalue weighted by molar-refractivity contribution is 7.02. The number of aromatic nitrogens is 1. The standard InChI is InChI=1S/C114H76B2N6O/c1-10-34-77(35-11-1)81-42-32-54-91(66-81)117(86-44-18-5-19-45-86)93-71-108-113-109(72-93)122(102-58-30-28-56-95(102)85-60-63-97-96-57-29-31-59-103(96)119(104(97)70-85)88-48-22-7-23-49-88)107-76-111-101(75-100(107)115(113)98-64-61-83(79-38-14-3-15-39-79)68-105(98)120(108)89-50-24-8-25-51-89)116-99-65-62-84(80-40-16-4-17-41-80)69-106(99)121(90-52-26-9-27-53-90)110-73-94(74-112(123-111)114(110)116)118(87-46-20-6-21-47-87)92-55-33-43-82(67-92)78-36-12-2-13-37-78/h1-76H. The zero-order chi connectivity index (χ0) is 81.0. The minimum Gasteiger partial charge on any atom is -0.458 e. The second kappa shape index (κ2) is 29.5. The average molecular weight is 1570 g/mol. The lowest BCUT2D eigenvalue weighted by molar-refractivity contribution is 0.488. The van der Waals surface area contributed by atoms with E-state index in [0.29, 0.717) is 0 Å². The molecule has 0 fully saturated rings. The first-order valence-corrected chi connectivity index (χ1v) is 42.3. The van der Waals surface area contributed by atoms with Crippen molar-refractivity contribution in [1.82, 2.24) is 4.57 Å². The van der Waals surface area contributed by atoms with Gasteiger partial charge < -0.3 is 33.8 Å². The molecular weight excluding hydrogens is 1490 g/mol. The fourth-order valence-electron chi connectivity index (χ4n) is 19.9. The number of hydrogen-bond donors (Lipinski definition) is 0. The van der Waals surface area contributed by atoms with E-state index in [2.05, 4.69) is 490 Å². The molecule has 5 heterocycles. The quantitative estimate of drug-likeness (QED) is 0.0951. The Morgan fingerprint density at radius 2 is 0.585 bits per heavy atom. The van der Waals surface area contributed by atoms with Gasteiger partial charge >= 0.3 is 0 Å². The number of nitrogens with zero attached hydrogens (tertiary/aromatic N) is 6. The largest absolute Gasteiger partial charge is 0.458 e. The van der Waals surface area contributed by atoms with Gasteiger partial charge in [-0.15, -0.1) is 0 Å².